The molecule has 0 amide bonds. The first-order valence-electron chi connectivity index (χ1n) is 5.92. The lowest BCUT2D eigenvalue weighted by atomic mass is 10.1. The third-order valence-corrected chi connectivity index (χ3v) is 5.13. The molecule has 2 N–H and O–H groups in total. The Bertz CT molecular complexity index is 729. The number of halogens is 1. The number of benzene rings is 2. The summed E-state index contributed by atoms with van der Waals surface area (Å²) in [7, 11) is -3.66. The van der Waals surface area contributed by atoms with Crippen LogP contribution in [0.25, 0.3) is 0 Å². The number of hydrogen-bond acceptors (Lipinski definition) is 3. The number of aliphatic hydroxyl groups excluding tert-OH is 1. The zero-order chi connectivity index (χ0) is 14.8. The SMILES string of the molecule is Cc1c(CO)cccc1S(=O)(=O)Nc1cccc(I)c1. The zero-order valence-corrected chi connectivity index (χ0v) is 13.8. The molecular weight excluding hydrogens is 389 g/mol. The van der Waals surface area contributed by atoms with Crippen LogP contribution in [-0.2, 0) is 16.6 Å². The van der Waals surface area contributed by atoms with Gasteiger partial charge in [-0.15, -0.1) is 0 Å². The molecule has 2 rings (SSSR count). The van der Waals surface area contributed by atoms with E-state index in [0.717, 1.165) is 3.57 Å². The Morgan fingerprint density at radius 3 is 2.55 bits per heavy atom. The van der Waals surface area contributed by atoms with Crippen LogP contribution in [-0.4, -0.2) is 13.5 Å². The molecule has 0 unspecified atom stereocenters. The molecule has 6 heteroatoms. The fourth-order valence-corrected chi connectivity index (χ4v) is 3.77. The molecular formula is C14H14INO3S. The van der Waals surface area contributed by atoms with Crippen LogP contribution in [0.5, 0.6) is 0 Å². The summed E-state index contributed by atoms with van der Waals surface area (Å²) < 4.78 is 28.3. The first-order chi connectivity index (χ1) is 9.44. The Morgan fingerprint density at radius 2 is 1.90 bits per heavy atom. The molecule has 0 spiro atoms. The van der Waals surface area contributed by atoms with E-state index in [1.54, 1.807) is 37.3 Å². The lowest BCUT2D eigenvalue weighted by Gasteiger charge is -2.12. The second-order valence-electron chi connectivity index (χ2n) is 4.31. The van der Waals surface area contributed by atoms with Crippen molar-refractivity contribution >= 4 is 38.3 Å². The van der Waals surface area contributed by atoms with Crippen molar-refractivity contribution in [2.75, 3.05) is 4.72 Å². The van der Waals surface area contributed by atoms with Crippen molar-refractivity contribution in [3.8, 4) is 0 Å². The standard InChI is InChI=1S/C14H14INO3S/c1-10-11(9-17)4-2-7-14(10)20(18,19)16-13-6-3-5-12(15)8-13/h2-8,16-17H,9H2,1H3. The summed E-state index contributed by atoms with van der Waals surface area (Å²) in [5.74, 6) is 0. The van der Waals surface area contributed by atoms with Crippen LogP contribution in [0.2, 0.25) is 0 Å². The maximum atomic E-state index is 12.4. The minimum absolute atomic E-state index is 0.182. The maximum absolute atomic E-state index is 12.4. The number of aliphatic hydroxyl groups is 1. The fraction of sp³-hybridized carbons (Fsp3) is 0.143. The van der Waals surface area contributed by atoms with Crippen LogP contribution in [0.3, 0.4) is 0 Å². The average molecular weight is 403 g/mol. The second kappa shape index (κ2) is 6.11. The molecule has 0 aliphatic rings. The lowest BCUT2D eigenvalue weighted by molar-refractivity contribution is 0.280. The highest BCUT2D eigenvalue weighted by Gasteiger charge is 2.18. The van der Waals surface area contributed by atoms with Gasteiger partial charge in [-0.1, -0.05) is 18.2 Å². The predicted octanol–water partition coefficient (Wildman–Crippen LogP) is 2.89. The Labute approximate surface area is 132 Å². The van der Waals surface area contributed by atoms with Gasteiger partial charge in [-0.25, -0.2) is 8.42 Å². The minimum Gasteiger partial charge on any atom is -0.392 e. The molecule has 0 heterocycles. The van der Waals surface area contributed by atoms with Gasteiger partial charge in [-0.3, -0.25) is 4.72 Å². The highest BCUT2D eigenvalue weighted by atomic mass is 127. The van der Waals surface area contributed by atoms with Crippen molar-refractivity contribution in [2.45, 2.75) is 18.4 Å². The molecule has 0 atom stereocenters. The quantitative estimate of drug-likeness (QED) is 0.772. The van der Waals surface area contributed by atoms with Gasteiger partial charge >= 0.3 is 0 Å². The molecule has 0 aromatic heterocycles. The average Bonchev–Trinajstić information content (AvgIpc) is 2.38. The number of nitrogens with one attached hydrogen (secondary N) is 1. The summed E-state index contributed by atoms with van der Waals surface area (Å²) >= 11 is 2.12. The van der Waals surface area contributed by atoms with E-state index in [4.69, 9.17) is 0 Å². The number of rotatable bonds is 4. The van der Waals surface area contributed by atoms with Crippen molar-refractivity contribution < 1.29 is 13.5 Å². The molecule has 2 aromatic rings. The number of sulfonamides is 1. The molecule has 0 saturated carbocycles. The van der Waals surface area contributed by atoms with Gasteiger partial charge in [0.25, 0.3) is 10.0 Å². The van der Waals surface area contributed by atoms with Crippen LogP contribution in [0.15, 0.2) is 47.4 Å². The van der Waals surface area contributed by atoms with E-state index in [9.17, 15) is 13.5 Å². The summed E-state index contributed by atoms with van der Waals surface area (Å²) in [6.07, 6.45) is 0. The monoisotopic (exact) mass is 403 g/mol. The fourth-order valence-electron chi connectivity index (χ4n) is 1.88. The van der Waals surface area contributed by atoms with Crippen LogP contribution < -0.4 is 4.72 Å². The Hall–Kier alpha value is -1.12. The van der Waals surface area contributed by atoms with Gasteiger partial charge in [-0.05, 0) is 64.9 Å². The molecule has 0 radical (unpaired) electrons. The first-order valence-corrected chi connectivity index (χ1v) is 8.48. The summed E-state index contributed by atoms with van der Waals surface area (Å²) in [6.45, 7) is 1.51. The Balaban J connectivity index is 2.41. The highest BCUT2D eigenvalue weighted by molar-refractivity contribution is 14.1. The van der Waals surface area contributed by atoms with Crippen molar-refractivity contribution in [1.82, 2.24) is 0 Å². The smallest absolute Gasteiger partial charge is 0.262 e. The minimum atomic E-state index is -3.66. The second-order valence-corrected chi connectivity index (χ2v) is 7.21. The van der Waals surface area contributed by atoms with Crippen molar-refractivity contribution in [2.24, 2.45) is 0 Å². The molecule has 0 saturated heterocycles. The van der Waals surface area contributed by atoms with E-state index in [2.05, 4.69) is 27.3 Å². The molecule has 0 aliphatic carbocycles. The van der Waals surface area contributed by atoms with Gasteiger partial charge in [0.2, 0.25) is 0 Å². The summed E-state index contributed by atoms with van der Waals surface area (Å²) in [6, 6.07) is 12.0. The Kier molecular flexibility index (Phi) is 4.66. The third-order valence-electron chi connectivity index (χ3n) is 2.93. The summed E-state index contributed by atoms with van der Waals surface area (Å²) in [4.78, 5) is 0.183. The van der Waals surface area contributed by atoms with E-state index in [0.29, 0.717) is 16.8 Å². The van der Waals surface area contributed by atoms with Gasteiger partial charge in [0, 0.05) is 9.26 Å². The van der Waals surface area contributed by atoms with E-state index < -0.39 is 10.0 Å². The molecule has 106 valence electrons. The van der Waals surface area contributed by atoms with Gasteiger partial charge in [0.05, 0.1) is 11.5 Å². The van der Waals surface area contributed by atoms with Gasteiger partial charge in [-0.2, -0.15) is 0 Å². The summed E-state index contributed by atoms with van der Waals surface area (Å²) in [5, 5.41) is 9.22. The topological polar surface area (TPSA) is 66.4 Å². The first kappa shape index (κ1) is 15.3. The van der Waals surface area contributed by atoms with Gasteiger partial charge in [0.1, 0.15) is 0 Å². The van der Waals surface area contributed by atoms with Crippen LogP contribution >= 0.6 is 22.6 Å². The third kappa shape index (κ3) is 3.31. The van der Waals surface area contributed by atoms with E-state index >= 15 is 0 Å². The molecule has 0 aliphatic heterocycles. The summed E-state index contributed by atoms with van der Waals surface area (Å²) in [5.41, 5.74) is 1.69. The maximum Gasteiger partial charge on any atom is 0.262 e. The Morgan fingerprint density at radius 1 is 1.20 bits per heavy atom. The predicted molar refractivity (Wildman–Crippen MR) is 87.1 cm³/mol. The molecule has 0 bridgehead atoms. The molecule has 0 fully saturated rings. The highest BCUT2D eigenvalue weighted by Crippen LogP contribution is 2.22. The zero-order valence-electron chi connectivity index (χ0n) is 10.8. The van der Waals surface area contributed by atoms with Crippen molar-refractivity contribution in [3.05, 3.63) is 57.2 Å². The van der Waals surface area contributed by atoms with Crippen LogP contribution in [0, 0.1) is 10.5 Å². The molecule has 20 heavy (non-hydrogen) atoms. The molecule has 2 aromatic carbocycles. The van der Waals surface area contributed by atoms with E-state index in [1.165, 1.54) is 6.07 Å². The normalized spacial score (nSPS) is 11.3. The molecule has 4 nitrogen and oxygen atoms in total. The largest absolute Gasteiger partial charge is 0.392 e. The van der Waals surface area contributed by atoms with Crippen LogP contribution in [0.4, 0.5) is 5.69 Å². The lowest BCUT2D eigenvalue weighted by Crippen LogP contribution is -2.15. The number of hydrogen-bond donors (Lipinski definition) is 2. The number of anilines is 1. The van der Waals surface area contributed by atoms with Crippen molar-refractivity contribution in [3.63, 3.8) is 0 Å². The van der Waals surface area contributed by atoms with Gasteiger partial charge in [0.15, 0.2) is 0 Å². The van der Waals surface area contributed by atoms with E-state index in [1.807, 2.05) is 6.07 Å². The van der Waals surface area contributed by atoms with Crippen LogP contribution in [0.1, 0.15) is 11.1 Å². The van der Waals surface area contributed by atoms with Crippen molar-refractivity contribution in [1.29, 1.82) is 0 Å². The van der Waals surface area contributed by atoms with Gasteiger partial charge < -0.3 is 5.11 Å². The van der Waals surface area contributed by atoms with E-state index in [-0.39, 0.29) is 11.5 Å².